The van der Waals surface area contributed by atoms with Crippen molar-refractivity contribution in [2.75, 3.05) is 23.8 Å². The molecule has 2 aromatic rings. The third-order valence-electron chi connectivity index (χ3n) is 4.86. The Morgan fingerprint density at radius 2 is 1.86 bits per heavy atom. The van der Waals surface area contributed by atoms with Gasteiger partial charge in [0.05, 0.1) is 17.9 Å². The summed E-state index contributed by atoms with van der Waals surface area (Å²) in [5.74, 6) is 1.09. The fourth-order valence-corrected chi connectivity index (χ4v) is 4.39. The number of thioether (sulfide) groups is 1. The molecule has 0 saturated carbocycles. The second kappa shape index (κ2) is 9.83. The van der Waals surface area contributed by atoms with E-state index in [9.17, 15) is 9.59 Å². The molecule has 154 valence electrons. The molecule has 0 radical (unpaired) electrons. The van der Waals surface area contributed by atoms with Gasteiger partial charge in [0.2, 0.25) is 5.91 Å². The van der Waals surface area contributed by atoms with Gasteiger partial charge in [-0.25, -0.2) is 0 Å². The Hall–Kier alpha value is -2.47. The van der Waals surface area contributed by atoms with Crippen molar-refractivity contribution in [3.63, 3.8) is 0 Å². The topological polar surface area (TPSA) is 58.6 Å². The minimum atomic E-state index is -0.617. The number of benzene rings is 2. The second-order valence-corrected chi connectivity index (χ2v) is 8.42. The predicted molar refractivity (Wildman–Crippen MR) is 118 cm³/mol. The predicted octanol–water partition coefficient (Wildman–Crippen LogP) is 4.37. The van der Waals surface area contributed by atoms with Crippen molar-refractivity contribution >= 4 is 29.3 Å². The zero-order valence-electron chi connectivity index (χ0n) is 17.2. The van der Waals surface area contributed by atoms with Gasteiger partial charge in [-0.1, -0.05) is 38.1 Å². The van der Waals surface area contributed by atoms with Crippen LogP contribution in [0.1, 0.15) is 37.6 Å². The van der Waals surface area contributed by atoms with Crippen LogP contribution in [0.5, 0.6) is 5.75 Å². The lowest BCUT2D eigenvalue weighted by Gasteiger charge is -2.30. The maximum atomic E-state index is 13.5. The number of anilines is 1. The molecule has 1 heterocycles. The highest BCUT2D eigenvalue weighted by Gasteiger charge is 2.32. The highest BCUT2D eigenvalue weighted by molar-refractivity contribution is 7.99. The smallest absolute Gasteiger partial charge is 0.255 e. The maximum Gasteiger partial charge on any atom is 0.255 e. The van der Waals surface area contributed by atoms with E-state index in [0.29, 0.717) is 24.5 Å². The number of carbonyl (C=O) groups is 2. The molecule has 0 bridgehead atoms. The molecule has 0 spiro atoms. The van der Waals surface area contributed by atoms with E-state index in [1.165, 1.54) is 0 Å². The number of hydrogen-bond donors (Lipinski definition) is 1. The lowest BCUT2D eigenvalue weighted by atomic mass is 10.0. The van der Waals surface area contributed by atoms with Gasteiger partial charge in [0.15, 0.2) is 0 Å². The fourth-order valence-electron chi connectivity index (χ4n) is 3.39. The van der Waals surface area contributed by atoms with Gasteiger partial charge in [-0.15, -0.1) is 11.8 Å². The Kier molecular flexibility index (Phi) is 7.20. The number of para-hydroxylation sites is 2. The molecule has 0 aromatic heterocycles. The van der Waals surface area contributed by atoms with Crippen molar-refractivity contribution in [2.24, 2.45) is 5.92 Å². The molecule has 0 fully saturated rings. The number of fused-ring (bicyclic) bond motifs is 1. The molecule has 5 nitrogen and oxygen atoms in total. The summed E-state index contributed by atoms with van der Waals surface area (Å²) >= 11 is 1.77. The largest absolute Gasteiger partial charge is 0.493 e. The molecule has 1 aliphatic heterocycles. The van der Waals surface area contributed by atoms with Crippen LogP contribution in [0.2, 0.25) is 0 Å². The van der Waals surface area contributed by atoms with Crippen LogP contribution in [0.3, 0.4) is 0 Å². The van der Waals surface area contributed by atoms with Crippen LogP contribution in [-0.4, -0.2) is 36.8 Å². The summed E-state index contributed by atoms with van der Waals surface area (Å²) in [4.78, 5) is 29.4. The van der Waals surface area contributed by atoms with Crippen molar-refractivity contribution in [3.8, 4) is 5.75 Å². The summed E-state index contributed by atoms with van der Waals surface area (Å²) in [6.07, 6.45) is 0.914. The minimum absolute atomic E-state index is 0.0474. The van der Waals surface area contributed by atoms with E-state index in [1.54, 1.807) is 30.0 Å². The van der Waals surface area contributed by atoms with E-state index in [1.807, 2.05) is 56.0 Å². The van der Waals surface area contributed by atoms with Crippen molar-refractivity contribution < 1.29 is 14.3 Å². The summed E-state index contributed by atoms with van der Waals surface area (Å²) in [5.41, 5.74) is 1.37. The van der Waals surface area contributed by atoms with Crippen molar-refractivity contribution in [2.45, 2.75) is 38.1 Å². The first-order valence-corrected chi connectivity index (χ1v) is 11.1. The molecule has 0 aliphatic carbocycles. The highest BCUT2D eigenvalue weighted by atomic mass is 32.2. The molecule has 6 heteroatoms. The Labute approximate surface area is 176 Å². The first-order valence-electron chi connectivity index (χ1n) is 10.1. The van der Waals surface area contributed by atoms with Crippen LogP contribution in [0.15, 0.2) is 53.4 Å². The average Bonchev–Trinajstić information content (AvgIpc) is 2.94. The summed E-state index contributed by atoms with van der Waals surface area (Å²) < 4.78 is 5.58. The number of rotatable bonds is 6. The lowest BCUT2D eigenvalue weighted by molar-refractivity contribution is -0.121. The zero-order chi connectivity index (χ0) is 20.8. The van der Waals surface area contributed by atoms with E-state index in [4.69, 9.17) is 4.74 Å². The number of carbonyl (C=O) groups excluding carboxylic acids is 2. The lowest BCUT2D eigenvalue weighted by Crippen LogP contribution is -2.51. The zero-order valence-corrected chi connectivity index (χ0v) is 18.0. The van der Waals surface area contributed by atoms with Crippen molar-refractivity contribution in [1.82, 2.24) is 5.32 Å². The second-order valence-electron chi connectivity index (χ2n) is 7.28. The molecule has 1 N–H and O–H groups in total. The minimum Gasteiger partial charge on any atom is -0.493 e. The van der Waals surface area contributed by atoms with Gasteiger partial charge in [0.1, 0.15) is 11.8 Å². The molecule has 1 unspecified atom stereocenters. The number of nitrogens with one attached hydrogen (secondary N) is 1. The van der Waals surface area contributed by atoms with Crippen LogP contribution in [0, 0.1) is 5.92 Å². The summed E-state index contributed by atoms with van der Waals surface area (Å²) in [6, 6.07) is 14.5. The summed E-state index contributed by atoms with van der Waals surface area (Å²) in [5, 5.41) is 2.96. The molecular formula is C23H28N2O3S. The summed E-state index contributed by atoms with van der Waals surface area (Å²) in [6.45, 7) is 6.91. The van der Waals surface area contributed by atoms with Crippen LogP contribution < -0.4 is 15.0 Å². The molecule has 1 atom stereocenters. The van der Waals surface area contributed by atoms with Gasteiger partial charge in [-0.2, -0.15) is 0 Å². The molecular weight excluding hydrogens is 384 g/mol. The first-order chi connectivity index (χ1) is 14.0. The maximum absolute atomic E-state index is 13.5. The van der Waals surface area contributed by atoms with Gasteiger partial charge >= 0.3 is 0 Å². The van der Waals surface area contributed by atoms with Gasteiger partial charge in [0.25, 0.3) is 5.91 Å². The van der Waals surface area contributed by atoms with Gasteiger partial charge in [-0.05, 0) is 49.3 Å². The molecule has 2 amide bonds. The first kappa shape index (κ1) is 21.2. The third-order valence-corrected chi connectivity index (χ3v) is 6.01. The van der Waals surface area contributed by atoms with E-state index in [-0.39, 0.29) is 17.7 Å². The van der Waals surface area contributed by atoms with Crippen LogP contribution in [-0.2, 0) is 4.79 Å². The van der Waals surface area contributed by atoms with Crippen LogP contribution >= 0.6 is 11.8 Å². The SMILES string of the molecule is CCOc1ccccc1C(=O)NC(C(=O)N1CCCSc2ccccc21)C(C)C. The highest BCUT2D eigenvalue weighted by Crippen LogP contribution is 2.34. The molecule has 0 saturated heterocycles. The van der Waals surface area contributed by atoms with Crippen molar-refractivity contribution in [1.29, 1.82) is 0 Å². The Morgan fingerprint density at radius 3 is 2.62 bits per heavy atom. The van der Waals surface area contributed by atoms with Gasteiger partial charge in [-0.3, -0.25) is 9.59 Å². The number of nitrogens with zero attached hydrogens (tertiary/aromatic N) is 1. The number of amides is 2. The normalized spacial score (nSPS) is 14.7. The van der Waals surface area contributed by atoms with Gasteiger partial charge < -0.3 is 15.0 Å². The monoisotopic (exact) mass is 412 g/mol. The quantitative estimate of drug-likeness (QED) is 0.765. The van der Waals surface area contributed by atoms with E-state index >= 15 is 0 Å². The van der Waals surface area contributed by atoms with E-state index in [0.717, 1.165) is 22.8 Å². The van der Waals surface area contributed by atoms with Gasteiger partial charge in [0, 0.05) is 11.4 Å². The molecule has 1 aliphatic rings. The van der Waals surface area contributed by atoms with E-state index < -0.39 is 6.04 Å². The number of hydrogen-bond acceptors (Lipinski definition) is 4. The molecule has 29 heavy (non-hydrogen) atoms. The number of ether oxygens (including phenoxy) is 1. The Morgan fingerprint density at radius 1 is 1.14 bits per heavy atom. The Bertz CT molecular complexity index is 869. The fraction of sp³-hybridized carbons (Fsp3) is 0.391. The molecule has 2 aromatic carbocycles. The standard InChI is InChI=1S/C23H28N2O3S/c1-4-28-19-12-7-5-10-17(19)22(26)24-21(16(2)3)23(27)25-14-9-15-29-20-13-8-6-11-18(20)25/h5-8,10-13,16,21H,4,9,14-15H2,1-3H3,(H,24,26). The van der Waals surface area contributed by atoms with E-state index in [2.05, 4.69) is 5.32 Å². The van der Waals surface area contributed by atoms with Crippen molar-refractivity contribution in [3.05, 3.63) is 54.1 Å². The van der Waals surface area contributed by atoms with Crippen LogP contribution in [0.4, 0.5) is 5.69 Å². The average molecular weight is 413 g/mol. The Balaban J connectivity index is 1.85. The van der Waals surface area contributed by atoms with Crippen LogP contribution in [0.25, 0.3) is 0 Å². The molecule has 3 rings (SSSR count). The summed E-state index contributed by atoms with van der Waals surface area (Å²) in [7, 11) is 0. The third kappa shape index (κ3) is 4.93.